The monoisotopic (exact) mass is 470 g/mol. The molecule has 1 heterocycles. The molecule has 1 aromatic heterocycles. The van der Waals surface area contributed by atoms with Gasteiger partial charge in [0, 0.05) is 32.0 Å². The van der Waals surface area contributed by atoms with Crippen LogP contribution in [0.15, 0.2) is 47.7 Å². The van der Waals surface area contributed by atoms with Gasteiger partial charge < -0.3 is 15.5 Å². The van der Waals surface area contributed by atoms with E-state index in [0.717, 1.165) is 38.7 Å². The maximum absolute atomic E-state index is 4.74. The minimum absolute atomic E-state index is 0. The zero-order chi connectivity index (χ0) is 17.9. The van der Waals surface area contributed by atoms with E-state index in [4.69, 9.17) is 4.99 Å². The van der Waals surface area contributed by atoms with Crippen molar-refractivity contribution in [2.24, 2.45) is 4.99 Å². The number of rotatable bonds is 9. The van der Waals surface area contributed by atoms with E-state index in [2.05, 4.69) is 65.8 Å². The van der Waals surface area contributed by atoms with Gasteiger partial charge in [-0.3, -0.25) is 4.68 Å². The predicted octanol–water partition coefficient (Wildman–Crippen LogP) is 2.56. The van der Waals surface area contributed by atoms with Crippen molar-refractivity contribution < 1.29 is 0 Å². The number of nitrogens with one attached hydrogen (secondary N) is 2. The molecule has 6 nitrogen and oxygen atoms in total. The lowest BCUT2D eigenvalue weighted by atomic mass is 10.1. The predicted molar refractivity (Wildman–Crippen MR) is 119 cm³/mol. The lowest BCUT2D eigenvalue weighted by Crippen LogP contribution is -2.40. The quantitative estimate of drug-likeness (QED) is 0.336. The van der Waals surface area contributed by atoms with Gasteiger partial charge in [-0.05, 0) is 37.7 Å². The van der Waals surface area contributed by atoms with Crippen LogP contribution >= 0.6 is 24.0 Å². The third kappa shape index (κ3) is 7.74. The number of likely N-dealkylation sites (N-methyl/N-ethyl adjacent to an activating group) is 1. The first-order chi connectivity index (χ1) is 12.2. The largest absolute Gasteiger partial charge is 0.357 e. The molecule has 0 aliphatic carbocycles. The highest BCUT2D eigenvalue weighted by atomic mass is 127. The number of aliphatic imine (C=N–C) groups is 1. The number of guanidine groups is 1. The van der Waals surface area contributed by atoms with Gasteiger partial charge in [0.1, 0.15) is 0 Å². The molecule has 0 atom stereocenters. The zero-order valence-corrected chi connectivity index (χ0v) is 18.3. The number of nitrogens with zero attached hydrogens (tertiary/aromatic N) is 4. The van der Waals surface area contributed by atoms with Crippen molar-refractivity contribution in [1.29, 1.82) is 0 Å². The van der Waals surface area contributed by atoms with Gasteiger partial charge in [-0.2, -0.15) is 5.10 Å². The Morgan fingerprint density at radius 1 is 1.15 bits per heavy atom. The second-order valence-corrected chi connectivity index (χ2v) is 5.99. The Morgan fingerprint density at radius 2 is 1.92 bits per heavy atom. The van der Waals surface area contributed by atoms with Gasteiger partial charge in [-0.25, -0.2) is 4.99 Å². The molecular weight excluding hydrogens is 439 g/mol. The van der Waals surface area contributed by atoms with Crippen LogP contribution in [-0.2, 0) is 13.1 Å². The highest BCUT2D eigenvalue weighted by Crippen LogP contribution is 2.11. The number of hydrogen-bond donors (Lipinski definition) is 2. The Morgan fingerprint density at radius 3 is 2.58 bits per heavy atom. The fraction of sp³-hybridized carbons (Fsp3) is 0.474. The highest BCUT2D eigenvalue weighted by molar-refractivity contribution is 14.0. The first-order valence-corrected chi connectivity index (χ1v) is 8.97. The van der Waals surface area contributed by atoms with Crippen LogP contribution in [0.2, 0.25) is 0 Å². The van der Waals surface area contributed by atoms with E-state index < -0.39 is 0 Å². The van der Waals surface area contributed by atoms with Crippen LogP contribution in [0.4, 0.5) is 0 Å². The van der Waals surface area contributed by atoms with E-state index in [1.807, 2.05) is 16.9 Å². The maximum Gasteiger partial charge on any atom is 0.191 e. The molecule has 26 heavy (non-hydrogen) atoms. The fourth-order valence-electron chi connectivity index (χ4n) is 2.46. The first kappa shape index (κ1) is 22.4. The summed E-state index contributed by atoms with van der Waals surface area (Å²) in [6.45, 7) is 9.44. The van der Waals surface area contributed by atoms with Crippen LogP contribution in [0.25, 0.3) is 0 Å². The van der Waals surface area contributed by atoms with Gasteiger partial charge in [0.25, 0.3) is 0 Å². The topological polar surface area (TPSA) is 57.5 Å². The average Bonchev–Trinajstić information content (AvgIpc) is 3.13. The fourth-order valence-corrected chi connectivity index (χ4v) is 2.46. The molecule has 144 valence electrons. The van der Waals surface area contributed by atoms with Crippen molar-refractivity contribution >= 4 is 29.9 Å². The molecule has 0 saturated carbocycles. The molecule has 0 saturated heterocycles. The van der Waals surface area contributed by atoms with E-state index >= 15 is 0 Å². The zero-order valence-electron chi connectivity index (χ0n) is 16.0. The third-order valence-corrected chi connectivity index (χ3v) is 4.09. The Kier molecular flexibility index (Phi) is 11.0. The molecule has 7 heteroatoms. The molecule has 1 aromatic carbocycles. The molecule has 2 rings (SSSR count). The van der Waals surface area contributed by atoms with Gasteiger partial charge in [0.2, 0.25) is 0 Å². The summed E-state index contributed by atoms with van der Waals surface area (Å²) in [5, 5.41) is 11.0. The smallest absolute Gasteiger partial charge is 0.191 e. The summed E-state index contributed by atoms with van der Waals surface area (Å²) in [6.07, 6.45) is 3.79. The van der Waals surface area contributed by atoms with Crippen molar-refractivity contribution in [2.45, 2.75) is 26.9 Å². The third-order valence-electron chi connectivity index (χ3n) is 4.09. The first-order valence-electron chi connectivity index (χ1n) is 8.97. The second-order valence-electron chi connectivity index (χ2n) is 5.99. The molecule has 0 fully saturated rings. The van der Waals surface area contributed by atoms with Crippen molar-refractivity contribution in [3.63, 3.8) is 0 Å². The lowest BCUT2D eigenvalue weighted by molar-refractivity contribution is 0.357. The molecule has 2 aromatic rings. The minimum atomic E-state index is 0. The summed E-state index contributed by atoms with van der Waals surface area (Å²) < 4.78 is 1.94. The highest BCUT2D eigenvalue weighted by Gasteiger charge is 2.04. The summed E-state index contributed by atoms with van der Waals surface area (Å²) in [6, 6.07) is 10.4. The van der Waals surface area contributed by atoms with Gasteiger partial charge in [0.05, 0.1) is 13.1 Å². The van der Waals surface area contributed by atoms with Crippen LogP contribution in [-0.4, -0.2) is 53.9 Å². The van der Waals surface area contributed by atoms with Gasteiger partial charge >= 0.3 is 0 Å². The van der Waals surface area contributed by atoms with Gasteiger partial charge in [-0.15, -0.1) is 24.0 Å². The Bertz CT molecular complexity index is 641. The minimum Gasteiger partial charge on any atom is -0.357 e. The van der Waals surface area contributed by atoms with Crippen LogP contribution in [0, 0.1) is 0 Å². The van der Waals surface area contributed by atoms with E-state index in [-0.39, 0.29) is 24.0 Å². The molecular formula is C19H31IN6. The second kappa shape index (κ2) is 12.7. The SMILES string of the molecule is CCNC(=NCc1ccccc1Cn1cccn1)NCCN(C)CC.I. The van der Waals surface area contributed by atoms with E-state index in [1.165, 1.54) is 11.1 Å². The summed E-state index contributed by atoms with van der Waals surface area (Å²) in [7, 11) is 2.12. The Hall–Kier alpha value is -1.61. The normalized spacial score (nSPS) is 11.3. The average molecular weight is 470 g/mol. The number of halogens is 1. The van der Waals surface area contributed by atoms with Gasteiger partial charge in [-0.1, -0.05) is 31.2 Å². The molecule has 0 amide bonds. The van der Waals surface area contributed by atoms with E-state index in [0.29, 0.717) is 6.54 Å². The van der Waals surface area contributed by atoms with E-state index in [9.17, 15) is 0 Å². The Balaban J connectivity index is 0.00000338. The number of aromatic nitrogens is 2. The summed E-state index contributed by atoms with van der Waals surface area (Å²) in [5.41, 5.74) is 2.47. The molecule has 0 radical (unpaired) electrons. The Labute approximate surface area is 174 Å². The standard InChI is InChI=1S/C19H30N6.HI/c1-4-20-19(21-12-14-24(3)5-2)22-15-17-9-6-7-10-18(17)16-25-13-8-11-23-25;/h6-11,13H,4-5,12,14-16H2,1-3H3,(H2,20,21,22);1H. The van der Waals surface area contributed by atoms with Crippen molar-refractivity contribution in [1.82, 2.24) is 25.3 Å². The van der Waals surface area contributed by atoms with Crippen LogP contribution in [0.5, 0.6) is 0 Å². The summed E-state index contributed by atoms with van der Waals surface area (Å²) in [4.78, 5) is 7.02. The van der Waals surface area contributed by atoms with Crippen LogP contribution in [0.1, 0.15) is 25.0 Å². The molecule has 0 aliphatic heterocycles. The molecule has 0 bridgehead atoms. The maximum atomic E-state index is 4.74. The van der Waals surface area contributed by atoms with E-state index in [1.54, 1.807) is 6.20 Å². The lowest BCUT2D eigenvalue weighted by Gasteiger charge is -2.16. The molecule has 0 unspecified atom stereocenters. The van der Waals surface area contributed by atoms with Crippen LogP contribution < -0.4 is 10.6 Å². The summed E-state index contributed by atoms with van der Waals surface area (Å²) >= 11 is 0. The number of benzene rings is 1. The summed E-state index contributed by atoms with van der Waals surface area (Å²) in [5.74, 6) is 0.862. The van der Waals surface area contributed by atoms with Crippen molar-refractivity contribution in [2.75, 3.05) is 33.2 Å². The van der Waals surface area contributed by atoms with Crippen LogP contribution in [0.3, 0.4) is 0 Å². The molecule has 2 N–H and O–H groups in total. The van der Waals surface area contributed by atoms with Crippen molar-refractivity contribution in [3.05, 3.63) is 53.9 Å². The number of hydrogen-bond acceptors (Lipinski definition) is 3. The van der Waals surface area contributed by atoms with Gasteiger partial charge in [0.15, 0.2) is 5.96 Å². The molecule has 0 aliphatic rings. The van der Waals surface area contributed by atoms with Crippen molar-refractivity contribution in [3.8, 4) is 0 Å². The molecule has 0 spiro atoms.